The molecule has 3 heterocycles. The average molecular weight is 397 g/mol. The highest BCUT2D eigenvalue weighted by molar-refractivity contribution is 5.81. The topological polar surface area (TPSA) is 79.8 Å². The van der Waals surface area contributed by atoms with Gasteiger partial charge >= 0.3 is 0 Å². The zero-order valence-corrected chi connectivity index (χ0v) is 16.9. The molecule has 0 unspecified atom stereocenters. The van der Waals surface area contributed by atoms with Crippen LogP contribution < -0.4 is 15.0 Å². The number of hydrogen-bond acceptors (Lipinski definition) is 7. The second kappa shape index (κ2) is 8.65. The number of amides is 1. The summed E-state index contributed by atoms with van der Waals surface area (Å²) in [5, 5.41) is 3.33. The van der Waals surface area contributed by atoms with Crippen molar-refractivity contribution in [2.75, 3.05) is 50.1 Å². The van der Waals surface area contributed by atoms with Gasteiger partial charge in [-0.1, -0.05) is 0 Å². The summed E-state index contributed by atoms with van der Waals surface area (Å²) in [6, 6.07) is 9.63. The molecule has 0 saturated carbocycles. The van der Waals surface area contributed by atoms with Crippen LogP contribution in [0.1, 0.15) is 18.5 Å². The van der Waals surface area contributed by atoms with Crippen LogP contribution in [-0.4, -0.2) is 66.8 Å². The van der Waals surface area contributed by atoms with Crippen molar-refractivity contribution in [2.24, 2.45) is 0 Å². The molecule has 1 N–H and O–H groups in total. The first-order chi connectivity index (χ1) is 14.1. The largest absolute Gasteiger partial charge is 0.497 e. The maximum atomic E-state index is 12.5. The summed E-state index contributed by atoms with van der Waals surface area (Å²) in [6.45, 7) is 5.40. The minimum atomic E-state index is -0.253. The van der Waals surface area contributed by atoms with Gasteiger partial charge in [0.05, 0.1) is 7.11 Å². The highest BCUT2D eigenvalue weighted by Crippen LogP contribution is 2.22. The van der Waals surface area contributed by atoms with E-state index in [1.807, 2.05) is 42.2 Å². The number of aryl methyl sites for hydroxylation is 1. The van der Waals surface area contributed by atoms with E-state index in [1.165, 1.54) is 0 Å². The third-order valence-corrected chi connectivity index (χ3v) is 5.28. The number of ether oxygens (including phenoxy) is 2. The Morgan fingerprint density at radius 3 is 2.59 bits per heavy atom. The van der Waals surface area contributed by atoms with E-state index in [-0.39, 0.29) is 12.0 Å². The van der Waals surface area contributed by atoms with Crippen LogP contribution in [0.5, 0.6) is 5.75 Å². The molecule has 1 aromatic heterocycles. The predicted octanol–water partition coefficient (Wildman–Crippen LogP) is 2.36. The van der Waals surface area contributed by atoms with Crippen LogP contribution >= 0.6 is 0 Å². The third kappa shape index (κ3) is 4.59. The van der Waals surface area contributed by atoms with E-state index in [0.29, 0.717) is 38.7 Å². The number of benzene rings is 1. The van der Waals surface area contributed by atoms with Crippen molar-refractivity contribution in [2.45, 2.75) is 25.9 Å². The van der Waals surface area contributed by atoms with E-state index >= 15 is 0 Å². The van der Waals surface area contributed by atoms with Crippen LogP contribution in [0.2, 0.25) is 0 Å². The highest BCUT2D eigenvalue weighted by atomic mass is 16.5. The van der Waals surface area contributed by atoms with Crippen molar-refractivity contribution >= 4 is 23.4 Å². The van der Waals surface area contributed by atoms with Crippen LogP contribution in [0.3, 0.4) is 0 Å². The number of aromatic nitrogens is 2. The summed E-state index contributed by atoms with van der Waals surface area (Å²) >= 11 is 0. The van der Waals surface area contributed by atoms with Crippen LogP contribution in [-0.2, 0) is 9.53 Å². The number of rotatable bonds is 5. The molecule has 0 radical (unpaired) electrons. The Balaban J connectivity index is 1.40. The van der Waals surface area contributed by atoms with Gasteiger partial charge in [-0.15, -0.1) is 0 Å². The Bertz CT molecular complexity index is 844. The maximum absolute atomic E-state index is 12.5. The lowest BCUT2D eigenvalue weighted by Gasteiger charge is -2.35. The number of anilines is 3. The fraction of sp³-hybridized carbons (Fsp3) is 0.476. The molecule has 4 rings (SSSR count). The lowest BCUT2D eigenvalue weighted by Crippen LogP contribution is -2.51. The average Bonchev–Trinajstić information content (AvgIpc) is 3.28. The molecule has 1 aromatic carbocycles. The molecule has 2 aliphatic heterocycles. The second-order valence-electron chi connectivity index (χ2n) is 7.36. The Hall–Kier alpha value is -2.87. The Morgan fingerprint density at radius 2 is 1.93 bits per heavy atom. The Kier molecular flexibility index (Phi) is 5.80. The van der Waals surface area contributed by atoms with Gasteiger partial charge in [-0.25, -0.2) is 4.98 Å². The molecular weight excluding hydrogens is 370 g/mol. The van der Waals surface area contributed by atoms with Gasteiger partial charge in [0.15, 0.2) is 0 Å². The molecule has 2 saturated heterocycles. The van der Waals surface area contributed by atoms with E-state index in [9.17, 15) is 4.79 Å². The molecular formula is C21H27N5O3. The first-order valence-corrected chi connectivity index (χ1v) is 10.0. The number of carbonyl (C=O) groups is 1. The predicted molar refractivity (Wildman–Crippen MR) is 111 cm³/mol. The minimum Gasteiger partial charge on any atom is -0.497 e. The van der Waals surface area contributed by atoms with Crippen molar-refractivity contribution in [1.82, 2.24) is 14.9 Å². The summed E-state index contributed by atoms with van der Waals surface area (Å²) in [7, 11) is 1.65. The zero-order chi connectivity index (χ0) is 20.2. The molecule has 0 spiro atoms. The lowest BCUT2D eigenvalue weighted by molar-refractivity contribution is -0.141. The molecule has 8 heteroatoms. The first-order valence-electron chi connectivity index (χ1n) is 10.0. The third-order valence-electron chi connectivity index (χ3n) is 5.28. The van der Waals surface area contributed by atoms with Gasteiger partial charge < -0.3 is 24.6 Å². The van der Waals surface area contributed by atoms with Gasteiger partial charge in [0.1, 0.15) is 17.7 Å². The van der Waals surface area contributed by atoms with E-state index < -0.39 is 0 Å². The summed E-state index contributed by atoms with van der Waals surface area (Å²) in [5.41, 5.74) is 1.82. The van der Waals surface area contributed by atoms with E-state index in [2.05, 4.69) is 20.2 Å². The van der Waals surface area contributed by atoms with E-state index in [1.54, 1.807) is 7.11 Å². The Labute approximate surface area is 170 Å². The summed E-state index contributed by atoms with van der Waals surface area (Å²) in [4.78, 5) is 25.9. The van der Waals surface area contributed by atoms with Gasteiger partial charge in [-0.05, 0) is 44.0 Å². The Morgan fingerprint density at radius 1 is 1.17 bits per heavy atom. The molecule has 0 aliphatic carbocycles. The smallest absolute Gasteiger partial charge is 0.251 e. The van der Waals surface area contributed by atoms with Crippen molar-refractivity contribution < 1.29 is 14.3 Å². The fourth-order valence-electron chi connectivity index (χ4n) is 3.68. The summed E-state index contributed by atoms with van der Waals surface area (Å²) in [5.74, 6) is 2.36. The quantitative estimate of drug-likeness (QED) is 0.830. The maximum Gasteiger partial charge on any atom is 0.251 e. The van der Waals surface area contributed by atoms with Crippen LogP contribution in [0.25, 0.3) is 0 Å². The van der Waals surface area contributed by atoms with Crippen LogP contribution in [0.15, 0.2) is 30.3 Å². The lowest BCUT2D eigenvalue weighted by atomic mass is 10.2. The minimum absolute atomic E-state index is 0.120. The van der Waals surface area contributed by atoms with Gasteiger partial charge in [0.25, 0.3) is 5.91 Å². The zero-order valence-electron chi connectivity index (χ0n) is 16.9. The van der Waals surface area contributed by atoms with Crippen molar-refractivity contribution in [3.05, 3.63) is 36.0 Å². The van der Waals surface area contributed by atoms with Gasteiger partial charge in [-0.2, -0.15) is 4.98 Å². The summed E-state index contributed by atoms with van der Waals surface area (Å²) in [6.07, 6.45) is 1.55. The molecule has 29 heavy (non-hydrogen) atoms. The van der Waals surface area contributed by atoms with Crippen LogP contribution in [0, 0.1) is 6.92 Å². The van der Waals surface area contributed by atoms with Gasteiger partial charge in [-0.3, -0.25) is 4.79 Å². The molecule has 154 valence electrons. The fourth-order valence-corrected chi connectivity index (χ4v) is 3.68. The molecule has 8 nitrogen and oxygen atoms in total. The number of nitrogens with one attached hydrogen (secondary N) is 1. The summed E-state index contributed by atoms with van der Waals surface area (Å²) < 4.78 is 10.7. The normalized spacial score (nSPS) is 19.3. The number of nitrogens with zero attached hydrogens (tertiary/aromatic N) is 4. The first kappa shape index (κ1) is 19.4. The van der Waals surface area contributed by atoms with Crippen molar-refractivity contribution in [3.8, 4) is 5.75 Å². The highest BCUT2D eigenvalue weighted by Gasteiger charge is 2.30. The standard InChI is InChI=1S/C21H27N5O3/c1-15-14-19(23-16-5-7-17(28-2)8-6-16)24-21(22-15)26-11-9-25(10-12-26)20(27)18-4-3-13-29-18/h5-8,14,18H,3-4,9-13H2,1-2H3,(H,22,23,24)/t18-/m0/s1. The molecule has 1 atom stereocenters. The molecule has 0 bridgehead atoms. The number of carbonyl (C=O) groups excluding carboxylic acids is 1. The molecule has 2 aliphatic rings. The van der Waals surface area contributed by atoms with Gasteiger partial charge in [0, 0.05) is 50.2 Å². The van der Waals surface area contributed by atoms with E-state index in [0.717, 1.165) is 35.8 Å². The van der Waals surface area contributed by atoms with Crippen LogP contribution in [0.4, 0.5) is 17.5 Å². The monoisotopic (exact) mass is 397 g/mol. The number of piperazine rings is 1. The number of hydrogen-bond donors (Lipinski definition) is 1. The number of methoxy groups -OCH3 is 1. The van der Waals surface area contributed by atoms with Crippen molar-refractivity contribution in [1.29, 1.82) is 0 Å². The second-order valence-corrected chi connectivity index (χ2v) is 7.36. The van der Waals surface area contributed by atoms with Gasteiger partial charge in [0.2, 0.25) is 5.95 Å². The molecule has 2 aromatic rings. The van der Waals surface area contributed by atoms with Crippen molar-refractivity contribution in [3.63, 3.8) is 0 Å². The molecule has 2 fully saturated rings. The SMILES string of the molecule is COc1ccc(Nc2cc(C)nc(N3CCN(C(=O)[C@@H]4CCCO4)CC3)n2)cc1. The van der Waals surface area contributed by atoms with E-state index in [4.69, 9.17) is 9.47 Å². The molecule has 1 amide bonds.